The Labute approximate surface area is 242 Å². The second kappa shape index (κ2) is 13.1. The zero-order chi connectivity index (χ0) is 29.0. The highest BCUT2D eigenvalue weighted by molar-refractivity contribution is 8.00. The number of alkyl halides is 3. The number of rotatable bonds is 10. The third-order valence-electron chi connectivity index (χ3n) is 7.91. The van der Waals surface area contributed by atoms with Crippen LogP contribution in [0, 0.1) is 0 Å². The van der Waals surface area contributed by atoms with Crippen LogP contribution in [-0.4, -0.2) is 65.5 Å². The number of carbonyl (C=O) groups is 1. The van der Waals surface area contributed by atoms with Gasteiger partial charge < -0.3 is 29.8 Å². The van der Waals surface area contributed by atoms with Crippen molar-refractivity contribution in [3.05, 3.63) is 65.4 Å². The monoisotopic (exact) mass is 590 g/mol. The molecule has 7 nitrogen and oxygen atoms in total. The summed E-state index contributed by atoms with van der Waals surface area (Å²) in [5.74, 6) is -0.357. The number of hydrogen-bond acceptors (Lipinski definition) is 6. The van der Waals surface area contributed by atoms with E-state index in [0.717, 1.165) is 29.4 Å². The van der Waals surface area contributed by atoms with E-state index in [0.29, 0.717) is 37.3 Å². The lowest BCUT2D eigenvalue weighted by molar-refractivity contribution is -0.141. The Bertz CT molecular complexity index is 1330. The molecule has 0 spiro atoms. The number of hydrogen-bond donors (Lipinski definition) is 4. The van der Waals surface area contributed by atoms with Crippen LogP contribution in [0.3, 0.4) is 0 Å². The third-order valence-corrected chi connectivity index (χ3v) is 8.82. The molecule has 3 atom stereocenters. The van der Waals surface area contributed by atoms with Crippen LogP contribution in [0.5, 0.6) is 0 Å². The number of ether oxygens (including phenoxy) is 1. The fraction of sp³-hybridized carbons (Fsp3) is 0.500. The Hall–Kier alpha value is -2.73. The Morgan fingerprint density at radius 3 is 2.66 bits per heavy atom. The largest absolute Gasteiger partial charge is 0.391 e. The number of halogens is 3. The van der Waals surface area contributed by atoms with Gasteiger partial charge in [0, 0.05) is 36.9 Å². The Balaban J connectivity index is 1.47. The molecular weight excluding hydrogens is 553 g/mol. The Morgan fingerprint density at radius 1 is 1.20 bits per heavy atom. The molecule has 0 radical (unpaired) electrons. The molecule has 5 rings (SSSR count). The van der Waals surface area contributed by atoms with Crippen molar-refractivity contribution in [2.75, 3.05) is 30.2 Å². The van der Waals surface area contributed by atoms with E-state index in [-0.39, 0.29) is 24.0 Å². The van der Waals surface area contributed by atoms with Crippen LogP contribution in [0.25, 0.3) is 10.9 Å². The zero-order valence-corrected chi connectivity index (χ0v) is 23.9. The fourth-order valence-electron chi connectivity index (χ4n) is 5.77. The van der Waals surface area contributed by atoms with Gasteiger partial charge in [-0.25, -0.2) is 0 Å². The number of aromatic nitrogens is 1. The van der Waals surface area contributed by atoms with Gasteiger partial charge in [0.25, 0.3) is 5.91 Å². The summed E-state index contributed by atoms with van der Waals surface area (Å²) in [4.78, 5) is 14.0. The molecule has 0 saturated carbocycles. The van der Waals surface area contributed by atoms with Gasteiger partial charge in [-0.2, -0.15) is 13.2 Å². The van der Waals surface area contributed by atoms with E-state index in [1.165, 1.54) is 11.9 Å². The molecule has 2 aliphatic heterocycles. The van der Waals surface area contributed by atoms with Crippen LogP contribution in [0.15, 0.2) is 48.5 Å². The summed E-state index contributed by atoms with van der Waals surface area (Å²) in [7, 11) is 0. The van der Waals surface area contributed by atoms with E-state index in [9.17, 15) is 23.1 Å². The highest BCUT2D eigenvalue weighted by Crippen LogP contribution is 2.41. The summed E-state index contributed by atoms with van der Waals surface area (Å²) >= 11 is 1.21. The number of aryl methyl sites for hydroxylation is 1. The number of aliphatic hydroxyl groups is 1. The predicted molar refractivity (Wildman–Crippen MR) is 156 cm³/mol. The third kappa shape index (κ3) is 7.20. The van der Waals surface area contributed by atoms with Crippen LogP contribution in [0.2, 0.25) is 0 Å². The Morgan fingerprint density at radius 2 is 1.95 bits per heavy atom. The van der Waals surface area contributed by atoms with Crippen molar-refractivity contribution in [3.63, 3.8) is 0 Å². The second-order valence-corrected chi connectivity index (χ2v) is 11.6. The molecule has 1 amide bonds. The van der Waals surface area contributed by atoms with Gasteiger partial charge in [0.1, 0.15) is 5.69 Å². The maximum atomic E-state index is 14.0. The Kier molecular flexibility index (Phi) is 9.48. The SMILES string of the molecule is CCc1ccc2c3c1cc(C(=O)N[C@@H](Cc1ccccc1)[C@H](O)CNC1CCOCC1)n3C(CC(F)(F)F)CSN2. The van der Waals surface area contributed by atoms with Crippen LogP contribution < -0.4 is 15.4 Å². The lowest BCUT2D eigenvalue weighted by Crippen LogP contribution is -2.51. The molecule has 4 N–H and O–H groups in total. The number of amides is 1. The van der Waals surface area contributed by atoms with E-state index >= 15 is 0 Å². The molecular formula is C30H37F3N4O3S. The minimum Gasteiger partial charge on any atom is -0.390 e. The summed E-state index contributed by atoms with van der Waals surface area (Å²) < 4.78 is 51.3. The van der Waals surface area contributed by atoms with Gasteiger partial charge in [-0.1, -0.05) is 55.3 Å². The van der Waals surface area contributed by atoms with Crippen molar-refractivity contribution < 1.29 is 27.8 Å². The van der Waals surface area contributed by atoms with E-state index in [1.807, 2.05) is 49.4 Å². The van der Waals surface area contributed by atoms with E-state index in [1.54, 1.807) is 10.6 Å². The van der Waals surface area contributed by atoms with Gasteiger partial charge in [-0.05, 0) is 48.9 Å². The average molecular weight is 591 g/mol. The summed E-state index contributed by atoms with van der Waals surface area (Å²) in [6, 6.07) is 13.7. The molecule has 0 bridgehead atoms. The van der Waals surface area contributed by atoms with Crippen molar-refractivity contribution >= 4 is 34.4 Å². The van der Waals surface area contributed by atoms with Crippen molar-refractivity contribution in [3.8, 4) is 0 Å². The molecule has 41 heavy (non-hydrogen) atoms. The first-order valence-corrected chi connectivity index (χ1v) is 15.2. The molecule has 3 heterocycles. The van der Waals surface area contributed by atoms with Crippen molar-refractivity contribution in [2.24, 2.45) is 0 Å². The summed E-state index contributed by atoms with van der Waals surface area (Å²) in [5, 5.41) is 18.4. The summed E-state index contributed by atoms with van der Waals surface area (Å²) in [6.07, 6.45) is -3.63. The number of benzene rings is 2. The first-order chi connectivity index (χ1) is 19.7. The van der Waals surface area contributed by atoms with Crippen LogP contribution >= 0.6 is 11.9 Å². The summed E-state index contributed by atoms with van der Waals surface area (Å²) in [6.45, 7) is 3.58. The van der Waals surface area contributed by atoms with E-state index in [2.05, 4.69) is 15.4 Å². The molecule has 11 heteroatoms. The number of carbonyl (C=O) groups excluding carboxylic acids is 1. The molecule has 1 fully saturated rings. The van der Waals surface area contributed by atoms with Crippen molar-refractivity contribution in [2.45, 2.75) is 69.4 Å². The van der Waals surface area contributed by atoms with Crippen molar-refractivity contribution in [1.29, 1.82) is 0 Å². The number of nitrogens with zero attached hydrogens (tertiary/aromatic N) is 1. The maximum absolute atomic E-state index is 14.0. The molecule has 0 aliphatic carbocycles. The summed E-state index contributed by atoms with van der Waals surface area (Å²) in [5.41, 5.74) is 3.36. The van der Waals surface area contributed by atoms with Gasteiger partial charge in [-0.15, -0.1) is 0 Å². The zero-order valence-electron chi connectivity index (χ0n) is 23.0. The van der Waals surface area contributed by atoms with Gasteiger partial charge in [0.05, 0.1) is 35.8 Å². The molecule has 1 saturated heterocycles. The first-order valence-electron chi connectivity index (χ1n) is 14.2. The topological polar surface area (TPSA) is 87.6 Å². The molecule has 2 aliphatic rings. The van der Waals surface area contributed by atoms with Crippen molar-refractivity contribution in [1.82, 2.24) is 15.2 Å². The first kappa shape index (κ1) is 29.8. The quantitative estimate of drug-likeness (QED) is 0.242. The van der Waals surface area contributed by atoms with E-state index < -0.39 is 36.7 Å². The van der Waals surface area contributed by atoms with Gasteiger partial charge in [-0.3, -0.25) is 4.79 Å². The van der Waals surface area contributed by atoms with Gasteiger partial charge >= 0.3 is 6.18 Å². The lowest BCUT2D eigenvalue weighted by atomic mass is 10.00. The highest BCUT2D eigenvalue weighted by Gasteiger charge is 2.37. The minimum atomic E-state index is -4.40. The lowest BCUT2D eigenvalue weighted by Gasteiger charge is -2.29. The van der Waals surface area contributed by atoms with Gasteiger partial charge in [0.15, 0.2) is 0 Å². The number of anilines is 1. The molecule has 2 aromatic carbocycles. The predicted octanol–water partition coefficient (Wildman–Crippen LogP) is 5.24. The standard InChI is InChI=1S/C30H37F3N4O3S/c1-2-20-8-9-24-28-23(20)15-26(37(28)22(18-41-36-24)16-30(31,32)33)29(39)35-25(14-19-6-4-3-5-7-19)27(38)17-34-21-10-12-40-13-11-21/h3-9,15,21-22,25,27,34,36,38H,2,10-14,16-18H2,1H3,(H,35,39)/t22?,25-,27+/m0/s1. The van der Waals surface area contributed by atoms with E-state index in [4.69, 9.17) is 4.74 Å². The van der Waals surface area contributed by atoms with Crippen LogP contribution in [0.1, 0.15) is 53.8 Å². The fourth-order valence-corrected chi connectivity index (χ4v) is 6.64. The van der Waals surface area contributed by atoms with Gasteiger partial charge in [0.2, 0.25) is 0 Å². The molecule has 1 unspecified atom stereocenters. The number of aliphatic hydroxyl groups excluding tert-OH is 1. The van der Waals surface area contributed by atoms with Crippen LogP contribution in [0.4, 0.5) is 18.9 Å². The number of nitrogens with one attached hydrogen (secondary N) is 3. The normalized spacial score (nSPS) is 19.4. The average Bonchev–Trinajstić information content (AvgIpc) is 3.28. The molecule has 1 aromatic heterocycles. The van der Waals surface area contributed by atoms with Crippen LogP contribution in [-0.2, 0) is 17.6 Å². The molecule has 3 aromatic rings. The maximum Gasteiger partial charge on any atom is 0.391 e. The molecule has 222 valence electrons. The highest BCUT2D eigenvalue weighted by atomic mass is 32.2. The smallest absolute Gasteiger partial charge is 0.390 e. The minimum absolute atomic E-state index is 0.144. The second-order valence-electron chi connectivity index (χ2n) is 10.8.